The third kappa shape index (κ3) is 2.54. The largest absolute Gasteiger partial charge is 0.459 e. The van der Waals surface area contributed by atoms with Gasteiger partial charge >= 0.3 is 0 Å². The van der Waals surface area contributed by atoms with E-state index in [0.29, 0.717) is 36.2 Å². The number of hydrogen-bond donors (Lipinski definition) is 1. The van der Waals surface area contributed by atoms with Gasteiger partial charge in [-0.05, 0) is 26.0 Å². The first kappa shape index (κ1) is 12.4. The molecule has 0 bridgehead atoms. The van der Waals surface area contributed by atoms with Gasteiger partial charge in [0.25, 0.3) is 5.89 Å². The van der Waals surface area contributed by atoms with Crippen LogP contribution >= 0.6 is 0 Å². The Morgan fingerprint density at radius 3 is 2.79 bits per heavy atom. The molecule has 19 heavy (non-hydrogen) atoms. The summed E-state index contributed by atoms with van der Waals surface area (Å²) in [4.78, 5) is 2.37. The lowest BCUT2D eigenvalue weighted by atomic mass is 10.1. The zero-order chi connectivity index (χ0) is 13.2. The third-order valence-corrected chi connectivity index (χ3v) is 3.53. The van der Waals surface area contributed by atoms with Crippen molar-refractivity contribution >= 4 is 0 Å². The highest BCUT2D eigenvalue weighted by Crippen LogP contribution is 2.20. The van der Waals surface area contributed by atoms with Gasteiger partial charge in [0.2, 0.25) is 5.89 Å². The lowest BCUT2D eigenvalue weighted by molar-refractivity contribution is 0.0979. The molecule has 2 aromatic heterocycles. The van der Waals surface area contributed by atoms with Crippen LogP contribution in [0.5, 0.6) is 0 Å². The minimum atomic E-state index is 0.440. The van der Waals surface area contributed by atoms with Crippen molar-refractivity contribution in [1.82, 2.24) is 20.4 Å². The molecule has 2 aromatic rings. The van der Waals surface area contributed by atoms with Crippen molar-refractivity contribution in [3.05, 3.63) is 24.3 Å². The highest BCUT2D eigenvalue weighted by atomic mass is 16.4. The summed E-state index contributed by atoms with van der Waals surface area (Å²) in [6.07, 6.45) is 1.60. The number of furan rings is 1. The Morgan fingerprint density at radius 2 is 2.11 bits per heavy atom. The minimum absolute atomic E-state index is 0.440. The average Bonchev–Trinajstić information content (AvgIpc) is 3.04. The number of rotatable bonds is 3. The van der Waals surface area contributed by atoms with Gasteiger partial charge in [-0.1, -0.05) is 0 Å². The van der Waals surface area contributed by atoms with Crippen LogP contribution < -0.4 is 5.32 Å². The summed E-state index contributed by atoms with van der Waals surface area (Å²) in [5.74, 6) is 1.68. The van der Waals surface area contributed by atoms with Gasteiger partial charge in [0.1, 0.15) is 0 Å². The van der Waals surface area contributed by atoms with Crippen molar-refractivity contribution in [3.8, 4) is 11.7 Å². The summed E-state index contributed by atoms with van der Waals surface area (Å²) >= 11 is 0. The third-order valence-electron chi connectivity index (χ3n) is 3.53. The maximum atomic E-state index is 5.65. The molecule has 1 aliphatic heterocycles. The molecule has 0 saturated carbocycles. The van der Waals surface area contributed by atoms with Crippen LogP contribution in [0.2, 0.25) is 0 Å². The van der Waals surface area contributed by atoms with Gasteiger partial charge in [-0.2, -0.15) is 0 Å². The smallest absolute Gasteiger partial charge is 0.283 e. The minimum Gasteiger partial charge on any atom is -0.459 e. The Hall–Kier alpha value is -1.66. The average molecular weight is 262 g/mol. The molecule has 102 valence electrons. The fourth-order valence-corrected chi connectivity index (χ4v) is 2.46. The molecule has 0 amide bonds. The Labute approximate surface area is 111 Å². The molecule has 0 spiro atoms. The molecule has 2 atom stereocenters. The quantitative estimate of drug-likeness (QED) is 0.904. The van der Waals surface area contributed by atoms with E-state index in [-0.39, 0.29) is 0 Å². The fourth-order valence-electron chi connectivity index (χ4n) is 2.46. The molecule has 0 aromatic carbocycles. The molecule has 1 aliphatic rings. The molecule has 0 radical (unpaired) electrons. The predicted octanol–water partition coefficient (Wildman–Crippen LogP) is 1.51. The highest BCUT2D eigenvalue weighted by molar-refractivity contribution is 5.42. The second-order valence-electron chi connectivity index (χ2n) is 5.01. The van der Waals surface area contributed by atoms with E-state index in [9.17, 15) is 0 Å². The van der Waals surface area contributed by atoms with E-state index in [0.717, 1.165) is 13.1 Å². The van der Waals surface area contributed by atoms with Crippen LogP contribution in [-0.4, -0.2) is 40.3 Å². The summed E-state index contributed by atoms with van der Waals surface area (Å²) in [5, 5.41) is 11.5. The Balaban J connectivity index is 1.73. The van der Waals surface area contributed by atoms with Crippen molar-refractivity contribution in [2.75, 3.05) is 13.1 Å². The molecule has 1 N–H and O–H groups in total. The van der Waals surface area contributed by atoms with E-state index in [1.165, 1.54) is 0 Å². The summed E-state index contributed by atoms with van der Waals surface area (Å²) in [7, 11) is 0. The lowest BCUT2D eigenvalue weighted by Crippen LogP contribution is -2.54. The van der Waals surface area contributed by atoms with E-state index in [4.69, 9.17) is 8.83 Å². The summed E-state index contributed by atoms with van der Waals surface area (Å²) in [5.41, 5.74) is 0. The number of piperazine rings is 1. The van der Waals surface area contributed by atoms with Crippen molar-refractivity contribution in [1.29, 1.82) is 0 Å². The standard InChI is InChI=1S/C13H18N4O2/c1-9-6-14-7-10(2)17(9)8-12-15-16-13(19-12)11-4-3-5-18-11/h3-5,9-10,14H,6-8H2,1-2H3. The van der Waals surface area contributed by atoms with Crippen LogP contribution in [-0.2, 0) is 6.54 Å². The topological polar surface area (TPSA) is 67.3 Å². The molecule has 3 heterocycles. The van der Waals surface area contributed by atoms with E-state index in [1.54, 1.807) is 12.3 Å². The molecule has 6 nitrogen and oxygen atoms in total. The number of hydrogen-bond acceptors (Lipinski definition) is 6. The first-order chi connectivity index (χ1) is 9.24. The van der Waals surface area contributed by atoms with Crippen LogP contribution in [0.1, 0.15) is 19.7 Å². The van der Waals surface area contributed by atoms with Crippen molar-refractivity contribution in [2.45, 2.75) is 32.5 Å². The van der Waals surface area contributed by atoms with Crippen LogP contribution in [0, 0.1) is 0 Å². The van der Waals surface area contributed by atoms with E-state index in [2.05, 4.69) is 34.3 Å². The Morgan fingerprint density at radius 1 is 1.32 bits per heavy atom. The second-order valence-corrected chi connectivity index (χ2v) is 5.01. The number of aromatic nitrogens is 2. The van der Waals surface area contributed by atoms with Crippen LogP contribution in [0.15, 0.2) is 27.2 Å². The van der Waals surface area contributed by atoms with Crippen LogP contribution in [0.3, 0.4) is 0 Å². The van der Waals surface area contributed by atoms with Gasteiger partial charge in [0.15, 0.2) is 5.76 Å². The fraction of sp³-hybridized carbons (Fsp3) is 0.538. The Kier molecular flexibility index (Phi) is 3.35. The SMILES string of the molecule is CC1CNCC(C)N1Cc1nnc(-c2ccco2)o1. The maximum absolute atomic E-state index is 5.65. The van der Waals surface area contributed by atoms with E-state index < -0.39 is 0 Å². The Bertz CT molecular complexity index is 512. The van der Waals surface area contributed by atoms with Crippen molar-refractivity contribution in [2.24, 2.45) is 0 Å². The molecular formula is C13H18N4O2. The van der Waals surface area contributed by atoms with Gasteiger partial charge < -0.3 is 14.2 Å². The molecule has 6 heteroatoms. The monoisotopic (exact) mass is 262 g/mol. The predicted molar refractivity (Wildman–Crippen MR) is 69.3 cm³/mol. The lowest BCUT2D eigenvalue weighted by Gasteiger charge is -2.38. The summed E-state index contributed by atoms with van der Waals surface area (Å²) in [6.45, 7) is 7.06. The molecule has 1 saturated heterocycles. The molecular weight excluding hydrogens is 244 g/mol. The number of nitrogens with zero attached hydrogens (tertiary/aromatic N) is 3. The highest BCUT2D eigenvalue weighted by Gasteiger charge is 2.26. The van der Waals surface area contributed by atoms with Crippen LogP contribution in [0.25, 0.3) is 11.7 Å². The van der Waals surface area contributed by atoms with Crippen molar-refractivity contribution in [3.63, 3.8) is 0 Å². The van der Waals surface area contributed by atoms with Crippen molar-refractivity contribution < 1.29 is 8.83 Å². The van der Waals surface area contributed by atoms with Gasteiger partial charge in [-0.15, -0.1) is 10.2 Å². The van der Waals surface area contributed by atoms with E-state index in [1.807, 2.05) is 6.07 Å². The van der Waals surface area contributed by atoms with Gasteiger partial charge in [-0.3, -0.25) is 4.90 Å². The first-order valence-corrected chi connectivity index (χ1v) is 6.57. The zero-order valence-corrected chi connectivity index (χ0v) is 11.2. The van der Waals surface area contributed by atoms with Gasteiger partial charge in [0, 0.05) is 25.2 Å². The van der Waals surface area contributed by atoms with Crippen LogP contribution in [0.4, 0.5) is 0 Å². The zero-order valence-electron chi connectivity index (χ0n) is 11.2. The maximum Gasteiger partial charge on any atom is 0.283 e. The normalized spacial score (nSPS) is 24.7. The van der Waals surface area contributed by atoms with E-state index >= 15 is 0 Å². The molecule has 0 aliphatic carbocycles. The first-order valence-electron chi connectivity index (χ1n) is 6.57. The van der Waals surface area contributed by atoms with Gasteiger partial charge in [0.05, 0.1) is 12.8 Å². The second kappa shape index (κ2) is 5.14. The van der Waals surface area contributed by atoms with Gasteiger partial charge in [-0.25, -0.2) is 0 Å². The summed E-state index contributed by atoms with van der Waals surface area (Å²) in [6, 6.07) is 4.54. The number of nitrogens with one attached hydrogen (secondary N) is 1. The summed E-state index contributed by atoms with van der Waals surface area (Å²) < 4.78 is 10.9. The molecule has 1 fully saturated rings. The molecule has 2 unspecified atom stereocenters. The molecule has 3 rings (SSSR count).